The number of aromatic amines is 1. The predicted octanol–water partition coefficient (Wildman–Crippen LogP) is 1.48. The third-order valence-corrected chi connectivity index (χ3v) is 4.61. The van der Waals surface area contributed by atoms with Crippen LogP contribution >= 0.6 is 0 Å². The van der Waals surface area contributed by atoms with Crippen molar-refractivity contribution in [1.29, 1.82) is 0 Å². The lowest BCUT2D eigenvalue weighted by Gasteiger charge is -2.07. The second-order valence-electron chi connectivity index (χ2n) is 4.59. The Bertz CT molecular complexity index is 844. The first kappa shape index (κ1) is 13.7. The Morgan fingerprint density at radius 1 is 1.10 bits per heavy atom. The van der Waals surface area contributed by atoms with Crippen LogP contribution in [0.1, 0.15) is 5.82 Å². The summed E-state index contributed by atoms with van der Waals surface area (Å²) in [4.78, 5) is 4.21. The molecule has 0 amide bonds. The number of sulfonamides is 1. The molecule has 0 spiro atoms. The minimum Gasteiger partial charge on any atom is -0.263 e. The number of rotatable bonds is 5. The maximum absolute atomic E-state index is 12.2. The highest BCUT2D eigenvalue weighted by Crippen LogP contribution is 2.18. The molecule has 0 unspecified atom stereocenters. The largest absolute Gasteiger partial charge is 0.263 e. The molecule has 2 aromatic carbocycles. The summed E-state index contributed by atoms with van der Waals surface area (Å²) in [6.45, 7) is 0.268. The molecule has 1 aromatic heterocycles. The average Bonchev–Trinajstić information content (AvgIpc) is 3.00. The topological polar surface area (TPSA) is 87.7 Å². The molecular weight excluding hydrogens is 288 g/mol. The maximum atomic E-state index is 12.2. The number of H-pyrrole nitrogens is 1. The Balaban J connectivity index is 1.76. The van der Waals surface area contributed by atoms with Crippen molar-refractivity contribution in [1.82, 2.24) is 19.9 Å². The van der Waals surface area contributed by atoms with Gasteiger partial charge in [-0.15, -0.1) is 0 Å². The molecule has 3 aromatic rings. The van der Waals surface area contributed by atoms with Crippen molar-refractivity contribution in [2.45, 2.75) is 11.3 Å². The fourth-order valence-corrected chi connectivity index (χ4v) is 3.14. The van der Waals surface area contributed by atoms with Gasteiger partial charge in [-0.3, -0.25) is 5.10 Å². The van der Waals surface area contributed by atoms with Gasteiger partial charge < -0.3 is 0 Å². The summed E-state index contributed by atoms with van der Waals surface area (Å²) >= 11 is 0. The zero-order chi connectivity index (χ0) is 14.7. The minimum absolute atomic E-state index is 0.263. The van der Waals surface area contributed by atoms with E-state index >= 15 is 0 Å². The smallest absolute Gasteiger partial charge is 0.240 e. The zero-order valence-electron chi connectivity index (χ0n) is 11.2. The molecule has 1 heterocycles. The van der Waals surface area contributed by atoms with Crippen molar-refractivity contribution in [2.24, 2.45) is 0 Å². The van der Waals surface area contributed by atoms with Crippen molar-refractivity contribution >= 4 is 20.8 Å². The number of aromatic nitrogens is 3. The number of fused-ring (bicyclic) bond motifs is 1. The average molecular weight is 302 g/mol. The number of hydrogen-bond donors (Lipinski definition) is 2. The van der Waals surface area contributed by atoms with Crippen LogP contribution in [0.25, 0.3) is 10.8 Å². The molecule has 21 heavy (non-hydrogen) atoms. The van der Waals surface area contributed by atoms with Crippen molar-refractivity contribution < 1.29 is 8.42 Å². The van der Waals surface area contributed by atoms with E-state index in [4.69, 9.17) is 0 Å². The van der Waals surface area contributed by atoms with E-state index in [9.17, 15) is 8.42 Å². The predicted molar refractivity (Wildman–Crippen MR) is 79.2 cm³/mol. The van der Waals surface area contributed by atoms with Gasteiger partial charge in [0.1, 0.15) is 12.2 Å². The molecule has 3 rings (SSSR count). The zero-order valence-corrected chi connectivity index (χ0v) is 12.0. The molecular formula is C14H14N4O2S. The first-order valence-corrected chi connectivity index (χ1v) is 7.96. The summed E-state index contributed by atoms with van der Waals surface area (Å²) in [5, 5.41) is 8.32. The molecule has 0 aliphatic rings. The van der Waals surface area contributed by atoms with Gasteiger partial charge in [-0.1, -0.05) is 30.3 Å². The van der Waals surface area contributed by atoms with Crippen LogP contribution in [0.4, 0.5) is 0 Å². The lowest BCUT2D eigenvalue weighted by Crippen LogP contribution is -2.26. The molecule has 7 heteroatoms. The van der Waals surface area contributed by atoms with Gasteiger partial charge in [0.15, 0.2) is 0 Å². The van der Waals surface area contributed by atoms with E-state index in [1.165, 1.54) is 6.33 Å². The number of nitrogens with zero attached hydrogens (tertiary/aromatic N) is 2. The molecule has 0 aliphatic heterocycles. The van der Waals surface area contributed by atoms with Crippen molar-refractivity contribution in [3.63, 3.8) is 0 Å². The van der Waals surface area contributed by atoms with Gasteiger partial charge in [-0.25, -0.2) is 18.1 Å². The Labute approximate surface area is 122 Å². The maximum Gasteiger partial charge on any atom is 0.240 e. The van der Waals surface area contributed by atoms with Crippen LogP contribution in [0.15, 0.2) is 53.7 Å². The monoisotopic (exact) mass is 302 g/mol. The highest BCUT2D eigenvalue weighted by molar-refractivity contribution is 7.89. The van der Waals surface area contributed by atoms with Crippen LogP contribution in [-0.4, -0.2) is 30.1 Å². The first-order chi connectivity index (χ1) is 10.1. The van der Waals surface area contributed by atoms with E-state index in [1.54, 1.807) is 18.2 Å². The third-order valence-electron chi connectivity index (χ3n) is 3.15. The minimum atomic E-state index is -3.52. The molecule has 0 atom stereocenters. The lowest BCUT2D eigenvalue weighted by molar-refractivity contribution is 0.581. The summed E-state index contributed by atoms with van der Waals surface area (Å²) in [5.74, 6) is 0.649. The van der Waals surface area contributed by atoms with Crippen molar-refractivity contribution in [2.75, 3.05) is 6.54 Å². The highest BCUT2D eigenvalue weighted by Gasteiger charge is 2.14. The first-order valence-electron chi connectivity index (χ1n) is 6.48. The highest BCUT2D eigenvalue weighted by atomic mass is 32.2. The van der Waals surface area contributed by atoms with Crippen LogP contribution in [0, 0.1) is 0 Å². The van der Waals surface area contributed by atoms with Crippen LogP contribution in [0.2, 0.25) is 0 Å². The van der Waals surface area contributed by atoms with E-state index < -0.39 is 10.0 Å². The Hall–Kier alpha value is -2.25. The summed E-state index contributed by atoms with van der Waals surface area (Å²) in [6, 6.07) is 12.7. The molecule has 0 radical (unpaired) electrons. The van der Waals surface area contributed by atoms with Gasteiger partial charge in [0.05, 0.1) is 4.90 Å². The molecule has 108 valence electrons. The summed E-state index contributed by atoms with van der Waals surface area (Å²) in [5.41, 5.74) is 0. The molecule has 0 bridgehead atoms. The third kappa shape index (κ3) is 3.09. The quantitative estimate of drug-likeness (QED) is 0.747. The van der Waals surface area contributed by atoms with E-state index in [2.05, 4.69) is 19.9 Å². The van der Waals surface area contributed by atoms with Crippen LogP contribution in [-0.2, 0) is 16.4 Å². The summed E-state index contributed by atoms with van der Waals surface area (Å²) in [6.07, 6.45) is 1.86. The molecule has 0 fully saturated rings. The van der Waals surface area contributed by atoms with Crippen LogP contribution in [0.5, 0.6) is 0 Å². The van der Waals surface area contributed by atoms with Gasteiger partial charge in [-0.2, -0.15) is 5.10 Å². The fraction of sp³-hybridized carbons (Fsp3) is 0.143. The molecule has 2 N–H and O–H groups in total. The number of nitrogens with one attached hydrogen (secondary N) is 2. The lowest BCUT2D eigenvalue weighted by atomic mass is 10.1. The molecule has 0 saturated heterocycles. The molecule has 0 saturated carbocycles. The van der Waals surface area contributed by atoms with E-state index in [-0.39, 0.29) is 11.4 Å². The van der Waals surface area contributed by atoms with Gasteiger partial charge in [-0.05, 0) is 22.9 Å². The van der Waals surface area contributed by atoms with E-state index in [0.717, 1.165) is 10.8 Å². The Kier molecular flexibility index (Phi) is 3.68. The SMILES string of the molecule is O=S(=O)(NCCc1ncn[nH]1)c1ccc2ccccc2c1. The standard InChI is InChI=1S/C14H14N4O2S/c19-21(20,17-8-7-14-15-10-16-18-14)13-6-5-11-3-1-2-4-12(11)9-13/h1-6,9-10,17H,7-8H2,(H,15,16,18). The van der Waals surface area contributed by atoms with Crippen molar-refractivity contribution in [3.8, 4) is 0 Å². The van der Waals surface area contributed by atoms with E-state index in [0.29, 0.717) is 12.2 Å². The fourth-order valence-electron chi connectivity index (χ4n) is 2.07. The normalized spacial score (nSPS) is 11.8. The number of benzene rings is 2. The molecule has 0 aliphatic carbocycles. The summed E-state index contributed by atoms with van der Waals surface area (Å²) in [7, 11) is -3.52. The van der Waals surface area contributed by atoms with Gasteiger partial charge in [0.25, 0.3) is 0 Å². The van der Waals surface area contributed by atoms with Gasteiger partial charge in [0, 0.05) is 13.0 Å². The Morgan fingerprint density at radius 3 is 2.67 bits per heavy atom. The van der Waals surface area contributed by atoms with Gasteiger partial charge in [0.2, 0.25) is 10.0 Å². The van der Waals surface area contributed by atoms with Crippen LogP contribution < -0.4 is 4.72 Å². The van der Waals surface area contributed by atoms with Gasteiger partial charge >= 0.3 is 0 Å². The van der Waals surface area contributed by atoms with Crippen LogP contribution in [0.3, 0.4) is 0 Å². The second-order valence-corrected chi connectivity index (χ2v) is 6.36. The Morgan fingerprint density at radius 2 is 1.90 bits per heavy atom. The van der Waals surface area contributed by atoms with Crippen molar-refractivity contribution in [3.05, 3.63) is 54.6 Å². The second kappa shape index (κ2) is 5.63. The summed E-state index contributed by atoms with van der Waals surface area (Å²) < 4.78 is 27.1. The molecule has 6 nitrogen and oxygen atoms in total. The van der Waals surface area contributed by atoms with E-state index in [1.807, 2.05) is 24.3 Å². The number of hydrogen-bond acceptors (Lipinski definition) is 4.